The molecule has 1 rings (SSSR count). The number of rotatable bonds is 7. The van der Waals surface area contributed by atoms with Crippen LogP contribution in [-0.4, -0.2) is 13.7 Å². The third kappa shape index (κ3) is 4.04. The SMILES string of the molecule is CCCNC(c1cccc(OC)c1)C(C)CC. The largest absolute Gasteiger partial charge is 0.497 e. The first kappa shape index (κ1) is 14.0. The molecule has 0 aliphatic rings. The second-order valence-corrected chi connectivity index (χ2v) is 4.59. The summed E-state index contributed by atoms with van der Waals surface area (Å²) in [7, 11) is 1.72. The van der Waals surface area contributed by atoms with Gasteiger partial charge in [0.25, 0.3) is 0 Å². The van der Waals surface area contributed by atoms with E-state index in [4.69, 9.17) is 4.74 Å². The Kier molecular flexibility index (Phi) is 6.06. The van der Waals surface area contributed by atoms with Crippen LogP contribution in [-0.2, 0) is 0 Å². The van der Waals surface area contributed by atoms with Gasteiger partial charge in [-0.2, -0.15) is 0 Å². The van der Waals surface area contributed by atoms with E-state index in [-0.39, 0.29) is 0 Å². The van der Waals surface area contributed by atoms with E-state index in [0.717, 1.165) is 18.7 Å². The molecule has 0 amide bonds. The van der Waals surface area contributed by atoms with Crippen LogP contribution in [0.4, 0.5) is 0 Å². The molecule has 0 aliphatic carbocycles. The van der Waals surface area contributed by atoms with E-state index in [2.05, 4.69) is 44.3 Å². The average molecular weight is 235 g/mol. The molecular formula is C15H25NO. The monoisotopic (exact) mass is 235 g/mol. The lowest BCUT2D eigenvalue weighted by Crippen LogP contribution is -2.27. The Hall–Kier alpha value is -1.02. The third-order valence-electron chi connectivity index (χ3n) is 3.28. The van der Waals surface area contributed by atoms with Crippen molar-refractivity contribution in [2.45, 2.75) is 39.7 Å². The molecule has 0 spiro atoms. The summed E-state index contributed by atoms with van der Waals surface area (Å²) in [5.74, 6) is 1.57. The summed E-state index contributed by atoms with van der Waals surface area (Å²) in [5, 5.41) is 3.63. The van der Waals surface area contributed by atoms with Crippen molar-refractivity contribution in [2.24, 2.45) is 5.92 Å². The number of methoxy groups -OCH3 is 1. The first-order valence-electron chi connectivity index (χ1n) is 6.60. The summed E-state index contributed by atoms with van der Waals surface area (Å²) in [5.41, 5.74) is 1.33. The van der Waals surface area contributed by atoms with E-state index in [1.807, 2.05) is 6.07 Å². The highest BCUT2D eigenvalue weighted by molar-refractivity contribution is 5.30. The highest BCUT2D eigenvalue weighted by atomic mass is 16.5. The quantitative estimate of drug-likeness (QED) is 0.776. The minimum absolute atomic E-state index is 0.426. The van der Waals surface area contributed by atoms with E-state index in [1.54, 1.807) is 7.11 Å². The van der Waals surface area contributed by atoms with Crippen LogP contribution < -0.4 is 10.1 Å². The lowest BCUT2D eigenvalue weighted by Gasteiger charge is -2.25. The van der Waals surface area contributed by atoms with Crippen LogP contribution in [0.2, 0.25) is 0 Å². The van der Waals surface area contributed by atoms with Crippen molar-refractivity contribution in [1.29, 1.82) is 0 Å². The van der Waals surface area contributed by atoms with Crippen LogP contribution >= 0.6 is 0 Å². The fraction of sp³-hybridized carbons (Fsp3) is 0.600. The van der Waals surface area contributed by atoms with Gasteiger partial charge < -0.3 is 10.1 Å². The Morgan fingerprint density at radius 1 is 1.29 bits per heavy atom. The fourth-order valence-electron chi connectivity index (χ4n) is 2.02. The van der Waals surface area contributed by atoms with Gasteiger partial charge in [0.15, 0.2) is 0 Å². The Morgan fingerprint density at radius 3 is 2.65 bits per heavy atom. The van der Waals surface area contributed by atoms with Crippen LogP contribution in [0.25, 0.3) is 0 Å². The Labute approximate surface area is 105 Å². The summed E-state index contributed by atoms with van der Waals surface area (Å²) < 4.78 is 5.30. The average Bonchev–Trinajstić information content (AvgIpc) is 2.39. The van der Waals surface area contributed by atoms with Crippen molar-refractivity contribution in [3.63, 3.8) is 0 Å². The highest BCUT2D eigenvalue weighted by Gasteiger charge is 2.17. The van der Waals surface area contributed by atoms with Crippen molar-refractivity contribution in [3.05, 3.63) is 29.8 Å². The van der Waals surface area contributed by atoms with E-state index < -0.39 is 0 Å². The molecule has 0 aliphatic heterocycles. The molecule has 0 saturated carbocycles. The fourth-order valence-corrected chi connectivity index (χ4v) is 2.02. The molecule has 1 aromatic rings. The molecule has 17 heavy (non-hydrogen) atoms. The number of nitrogens with one attached hydrogen (secondary N) is 1. The van der Waals surface area contributed by atoms with Crippen LogP contribution in [0.15, 0.2) is 24.3 Å². The van der Waals surface area contributed by atoms with Crippen molar-refractivity contribution >= 4 is 0 Å². The highest BCUT2D eigenvalue weighted by Crippen LogP contribution is 2.26. The Morgan fingerprint density at radius 2 is 2.06 bits per heavy atom. The van der Waals surface area contributed by atoms with Gasteiger partial charge in [0.2, 0.25) is 0 Å². The minimum atomic E-state index is 0.426. The molecule has 1 aromatic carbocycles. The number of hydrogen-bond acceptors (Lipinski definition) is 2. The van der Waals surface area contributed by atoms with Crippen molar-refractivity contribution in [3.8, 4) is 5.75 Å². The second-order valence-electron chi connectivity index (χ2n) is 4.59. The van der Waals surface area contributed by atoms with Gasteiger partial charge in [-0.05, 0) is 36.6 Å². The molecule has 1 N–H and O–H groups in total. The van der Waals surface area contributed by atoms with Crippen molar-refractivity contribution in [2.75, 3.05) is 13.7 Å². The maximum atomic E-state index is 5.30. The van der Waals surface area contributed by atoms with Crippen LogP contribution in [0, 0.1) is 5.92 Å². The predicted molar refractivity (Wildman–Crippen MR) is 73.5 cm³/mol. The Bertz CT molecular complexity index is 324. The standard InChI is InChI=1S/C15H25NO/c1-5-10-16-15(12(3)6-2)13-8-7-9-14(11-13)17-4/h7-9,11-12,15-16H,5-6,10H2,1-4H3. The van der Waals surface area contributed by atoms with Gasteiger partial charge in [0.05, 0.1) is 7.11 Å². The van der Waals surface area contributed by atoms with E-state index in [9.17, 15) is 0 Å². The normalized spacial score (nSPS) is 14.4. The summed E-state index contributed by atoms with van der Waals surface area (Å²) in [6, 6.07) is 8.81. The summed E-state index contributed by atoms with van der Waals surface area (Å²) in [4.78, 5) is 0. The molecule has 2 nitrogen and oxygen atoms in total. The maximum absolute atomic E-state index is 5.30. The van der Waals surface area contributed by atoms with Crippen molar-refractivity contribution < 1.29 is 4.74 Å². The molecule has 2 unspecified atom stereocenters. The predicted octanol–water partition coefficient (Wildman–Crippen LogP) is 3.78. The lowest BCUT2D eigenvalue weighted by atomic mass is 9.92. The zero-order valence-electron chi connectivity index (χ0n) is 11.5. The zero-order chi connectivity index (χ0) is 12.7. The molecule has 2 heteroatoms. The third-order valence-corrected chi connectivity index (χ3v) is 3.28. The van der Waals surface area contributed by atoms with E-state index in [0.29, 0.717) is 12.0 Å². The minimum Gasteiger partial charge on any atom is -0.497 e. The first-order chi connectivity index (χ1) is 8.22. The van der Waals surface area contributed by atoms with Gasteiger partial charge in [0, 0.05) is 6.04 Å². The molecule has 0 heterocycles. The van der Waals surface area contributed by atoms with Gasteiger partial charge in [-0.15, -0.1) is 0 Å². The van der Waals surface area contributed by atoms with E-state index >= 15 is 0 Å². The Balaban J connectivity index is 2.86. The summed E-state index contributed by atoms with van der Waals surface area (Å²) in [6.07, 6.45) is 2.34. The smallest absolute Gasteiger partial charge is 0.119 e. The number of benzene rings is 1. The van der Waals surface area contributed by atoms with Crippen molar-refractivity contribution in [1.82, 2.24) is 5.32 Å². The molecule has 96 valence electrons. The molecule has 2 atom stereocenters. The summed E-state index contributed by atoms with van der Waals surface area (Å²) >= 11 is 0. The zero-order valence-corrected chi connectivity index (χ0v) is 11.5. The first-order valence-corrected chi connectivity index (χ1v) is 6.60. The van der Waals surface area contributed by atoms with Crippen LogP contribution in [0.5, 0.6) is 5.75 Å². The van der Waals surface area contributed by atoms with Crippen LogP contribution in [0.1, 0.15) is 45.2 Å². The topological polar surface area (TPSA) is 21.3 Å². The molecule has 0 bridgehead atoms. The van der Waals surface area contributed by atoms with Gasteiger partial charge in [0.1, 0.15) is 5.75 Å². The van der Waals surface area contributed by atoms with Gasteiger partial charge in [-0.25, -0.2) is 0 Å². The number of hydrogen-bond donors (Lipinski definition) is 1. The number of ether oxygens (including phenoxy) is 1. The van der Waals surface area contributed by atoms with Gasteiger partial charge in [-0.3, -0.25) is 0 Å². The maximum Gasteiger partial charge on any atom is 0.119 e. The molecule has 0 radical (unpaired) electrons. The lowest BCUT2D eigenvalue weighted by molar-refractivity contribution is 0.373. The van der Waals surface area contributed by atoms with Gasteiger partial charge >= 0.3 is 0 Å². The van der Waals surface area contributed by atoms with Gasteiger partial charge in [-0.1, -0.05) is 39.3 Å². The summed E-state index contributed by atoms with van der Waals surface area (Å²) in [6.45, 7) is 7.80. The molecular weight excluding hydrogens is 210 g/mol. The second kappa shape index (κ2) is 7.33. The molecule has 0 fully saturated rings. The van der Waals surface area contributed by atoms with E-state index in [1.165, 1.54) is 12.0 Å². The molecule has 0 aromatic heterocycles. The van der Waals surface area contributed by atoms with Crippen LogP contribution in [0.3, 0.4) is 0 Å². The molecule has 0 saturated heterocycles.